The molecule has 1 saturated heterocycles. The molecule has 26 heavy (non-hydrogen) atoms. The van der Waals surface area contributed by atoms with Gasteiger partial charge in [0.05, 0.1) is 10.8 Å². The standard InChI is InChI=1S/C18H23NO6S/c20-16(14-8-3-1-4-9-14)24-17(21)18(12-7-13-19-18)25-26(22,23)15-10-5-2-6-11-15/h1,3-4,8-9,15,19H,2,5-7,10-13H2/t18-/m1/s1. The molecule has 8 heteroatoms. The molecular formula is C18H23NO6S. The fourth-order valence-electron chi connectivity index (χ4n) is 3.42. The van der Waals surface area contributed by atoms with Crippen LogP contribution in [0.4, 0.5) is 0 Å². The fourth-order valence-corrected chi connectivity index (χ4v) is 5.07. The van der Waals surface area contributed by atoms with Crippen molar-refractivity contribution in [1.82, 2.24) is 5.32 Å². The number of carbonyl (C=O) groups is 2. The van der Waals surface area contributed by atoms with Crippen LogP contribution in [0.25, 0.3) is 0 Å². The summed E-state index contributed by atoms with van der Waals surface area (Å²) in [6.45, 7) is 0.412. The maximum absolute atomic E-state index is 12.7. The van der Waals surface area contributed by atoms with Crippen LogP contribution in [0.5, 0.6) is 0 Å². The summed E-state index contributed by atoms with van der Waals surface area (Å²) in [7, 11) is -3.95. The van der Waals surface area contributed by atoms with E-state index in [9.17, 15) is 18.0 Å². The Morgan fingerprint density at radius 1 is 1.04 bits per heavy atom. The highest BCUT2D eigenvalue weighted by Crippen LogP contribution is 2.31. The Hall–Kier alpha value is -1.77. The summed E-state index contributed by atoms with van der Waals surface area (Å²) in [6, 6.07) is 8.07. The highest BCUT2D eigenvalue weighted by atomic mass is 32.2. The number of esters is 2. The lowest BCUT2D eigenvalue weighted by atomic mass is 10.0. The normalized spacial score (nSPS) is 24.3. The minimum atomic E-state index is -3.95. The lowest BCUT2D eigenvalue weighted by Crippen LogP contribution is -2.53. The highest BCUT2D eigenvalue weighted by molar-refractivity contribution is 7.87. The number of ether oxygens (including phenoxy) is 1. The Kier molecular flexibility index (Phi) is 5.74. The van der Waals surface area contributed by atoms with Crippen LogP contribution in [0.3, 0.4) is 0 Å². The molecule has 1 heterocycles. The molecule has 3 rings (SSSR count). The molecular weight excluding hydrogens is 358 g/mol. The molecule has 2 aliphatic rings. The molecule has 0 bridgehead atoms. The third-order valence-corrected chi connectivity index (χ3v) is 6.66. The van der Waals surface area contributed by atoms with Crippen molar-refractivity contribution >= 4 is 22.1 Å². The van der Waals surface area contributed by atoms with Crippen molar-refractivity contribution in [1.29, 1.82) is 0 Å². The van der Waals surface area contributed by atoms with E-state index < -0.39 is 33.0 Å². The predicted octanol–water partition coefficient (Wildman–Crippen LogP) is 2.13. The van der Waals surface area contributed by atoms with E-state index in [0.29, 0.717) is 25.8 Å². The molecule has 0 radical (unpaired) electrons. The van der Waals surface area contributed by atoms with Crippen LogP contribution < -0.4 is 5.32 Å². The summed E-state index contributed by atoms with van der Waals surface area (Å²) in [4.78, 5) is 24.8. The molecule has 0 amide bonds. The second kappa shape index (κ2) is 7.85. The number of hydrogen-bond acceptors (Lipinski definition) is 7. The number of nitrogens with one attached hydrogen (secondary N) is 1. The average molecular weight is 381 g/mol. The summed E-state index contributed by atoms with van der Waals surface area (Å²) in [5.41, 5.74) is -1.61. The van der Waals surface area contributed by atoms with Gasteiger partial charge in [0.15, 0.2) is 0 Å². The van der Waals surface area contributed by atoms with Gasteiger partial charge in [-0.1, -0.05) is 37.5 Å². The second-order valence-electron chi connectivity index (χ2n) is 6.74. The minimum absolute atomic E-state index is 0.139. The van der Waals surface area contributed by atoms with Crippen LogP contribution in [0.2, 0.25) is 0 Å². The van der Waals surface area contributed by atoms with Crippen molar-refractivity contribution in [2.24, 2.45) is 0 Å². The molecule has 1 aliphatic heterocycles. The van der Waals surface area contributed by atoms with Gasteiger partial charge < -0.3 is 4.74 Å². The Bertz CT molecular complexity index is 749. The molecule has 7 nitrogen and oxygen atoms in total. The summed E-state index contributed by atoms with van der Waals surface area (Å²) in [5.74, 6) is -1.84. The Morgan fingerprint density at radius 3 is 2.35 bits per heavy atom. The molecule has 1 aliphatic carbocycles. The fraction of sp³-hybridized carbons (Fsp3) is 0.556. The lowest BCUT2D eigenvalue weighted by Gasteiger charge is -2.29. The summed E-state index contributed by atoms with van der Waals surface area (Å²) in [6.07, 6.45) is 4.39. The molecule has 0 spiro atoms. The van der Waals surface area contributed by atoms with Crippen LogP contribution in [0.15, 0.2) is 30.3 Å². The van der Waals surface area contributed by atoms with Gasteiger partial charge in [-0.2, -0.15) is 8.42 Å². The first-order valence-electron chi connectivity index (χ1n) is 8.94. The summed E-state index contributed by atoms with van der Waals surface area (Å²) >= 11 is 0. The quantitative estimate of drug-likeness (QED) is 0.474. The monoisotopic (exact) mass is 381 g/mol. The van der Waals surface area contributed by atoms with Gasteiger partial charge in [-0.15, -0.1) is 0 Å². The maximum atomic E-state index is 12.7. The van der Waals surface area contributed by atoms with Crippen molar-refractivity contribution in [3.05, 3.63) is 35.9 Å². The molecule has 0 unspecified atom stereocenters. The van der Waals surface area contributed by atoms with Gasteiger partial charge in [0.25, 0.3) is 10.1 Å². The molecule has 0 aromatic heterocycles. The van der Waals surface area contributed by atoms with Crippen molar-refractivity contribution < 1.29 is 26.9 Å². The first-order chi connectivity index (χ1) is 12.4. The van der Waals surface area contributed by atoms with E-state index >= 15 is 0 Å². The second-order valence-corrected chi connectivity index (χ2v) is 8.56. The lowest BCUT2D eigenvalue weighted by molar-refractivity contribution is -0.157. The molecule has 2 fully saturated rings. The predicted molar refractivity (Wildman–Crippen MR) is 93.7 cm³/mol. The van der Waals surface area contributed by atoms with Gasteiger partial charge in [-0.05, 0) is 37.9 Å². The number of hydrogen-bond donors (Lipinski definition) is 1. The molecule has 1 saturated carbocycles. The maximum Gasteiger partial charge on any atom is 0.363 e. The average Bonchev–Trinajstić information content (AvgIpc) is 3.12. The first kappa shape index (κ1) is 19.0. The summed E-state index contributed by atoms with van der Waals surface area (Å²) < 4.78 is 35.6. The zero-order chi connectivity index (χ0) is 18.6. The third kappa shape index (κ3) is 4.13. The first-order valence-corrected chi connectivity index (χ1v) is 10.4. The number of rotatable bonds is 5. The van der Waals surface area contributed by atoms with Gasteiger partial charge in [-0.25, -0.2) is 13.8 Å². The van der Waals surface area contributed by atoms with E-state index in [2.05, 4.69) is 5.32 Å². The van der Waals surface area contributed by atoms with Gasteiger partial charge in [0, 0.05) is 6.42 Å². The van der Waals surface area contributed by atoms with E-state index in [1.54, 1.807) is 18.2 Å². The highest BCUT2D eigenvalue weighted by Gasteiger charge is 2.50. The molecule has 142 valence electrons. The Labute approximate surface area is 153 Å². The van der Waals surface area contributed by atoms with Gasteiger partial charge in [-0.3, -0.25) is 5.32 Å². The minimum Gasteiger partial charge on any atom is -0.386 e. The van der Waals surface area contributed by atoms with Crippen LogP contribution in [0, 0.1) is 0 Å². The van der Waals surface area contributed by atoms with Crippen molar-refractivity contribution in [3.63, 3.8) is 0 Å². The van der Waals surface area contributed by atoms with Gasteiger partial charge in [0.1, 0.15) is 0 Å². The zero-order valence-electron chi connectivity index (χ0n) is 14.5. The van der Waals surface area contributed by atoms with E-state index in [1.807, 2.05) is 0 Å². The van der Waals surface area contributed by atoms with E-state index in [4.69, 9.17) is 8.92 Å². The molecule has 1 N–H and O–H groups in total. The molecule has 1 atom stereocenters. The van der Waals surface area contributed by atoms with Crippen LogP contribution in [0.1, 0.15) is 55.3 Å². The van der Waals surface area contributed by atoms with Crippen LogP contribution >= 0.6 is 0 Å². The Balaban J connectivity index is 1.74. The smallest absolute Gasteiger partial charge is 0.363 e. The molecule has 1 aromatic rings. The zero-order valence-corrected chi connectivity index (χ0v) is 15.3. The topological polar surface area (TPSA) is 98.8 Å². The van der Waals surface area contributed by atoms with Gasteiger partial charge in [0.2, 0.25) is 5.72 Å². The third-order valence-electron chi connectivity index (χ3n) is 4.86. The van der Waals surface area contributed by atoms with Crippen LogP contribution in [-0.4, -0.2) is 37.9 Å². The summed E-state index contributed by atoms with van der Waals surface area (Å²) in [5, 5.41) is 2.18. The van der Waals surface area contributed by atoms with Gasteiger partial charge >= 0.3 is 11.9 Å². The number of benzene rings is 1. The van der Waals surface area contributed by atoms with Crippen molar-refractivity contribution in [3.8, 4) is 0 Å². The molecule has 1 aromatic carbocycles. The Morgan fingerprint density at radius 2 is 1.73 bits per heavy atom. The van der Waals surface area contributed by atoms with Crippen molar-refractivity contribution in [2.75, 3.05) is 6.54 Å². The largest absolute Gasteiger partial charge is 0.386 e. The van der Waals surface area contributed by atoms with E-state index in [1.165, 1.54) is 12.1 Å². The number of carbonyl (C=O) groups excluding carboxylic acids is 2. The SMILES string of the molecule is O=C(OC(=O)[C@]1(OS(=O)(=O)C2CCCCC2)CCCN1)c1ccccc1. The van der Waals surface area contributed by atoms with E-state index in [-0.39, 0.29) is 12.0 Å². The van der Waals surface area contributed by atoms with Crippen LogP contribution in [-0.2, 0) is 23.8 Å². The van der Waals surface area contributed by atoms with E-state index in [0.717, 1.165) is 19.3 Å². The van der Waals surface area contributed by atoms with Crippen molar-refractivity contribution in [2.45, 2.75) is 55.9 Å².